The van der Waals surface area contributed by atoms with Crippen LogP contribution in [0.3, 0.4) is 0 Å². The third-order valence-corrected chi connectivity index (χ3v) is 2.52. The van der Waals surface area contributed by atoms with Crippen LogP contribution in [0.25, 0.3) is 10.9 Å². The lowest BCUT2D eigenvalue weighted by Gasteiger charge is -2.18. The van der Waals surface area contributed by atoms with E-state index >= 15 is 0 Å². The summed E-state index contributed by atoms with van der Waals surface area (Å²) in [6.07, 6.45) is 0.824. The van der Waals surface area contributed by atoms with Gasteiger partial charge in [-0.1, -0.05) is 17.7 Å². The number of fused-ring (bicyclic) bond motifs is 1. The summed E-state index contributed by atoms with van der Waals surface area (Å²) >= 11 is 5.97. The maximum absolute atomic E-state index is 5.97. The molecular weight excluding hydrogens is 210 g/mol. The molecule has 0 fully saturated rings. The van der Waals surface area contributed by atoms with Crippen molar-refractivity contribution in [1.82, 2.24) is 10.2 Å². The van der Waals surface area contributed by atoms with E-state index in [0.717, 1.165) is 17.3 Å². The second kappa shape index (κ2) is 3.51. The van der Waals surface area contributed by atoms with Crippen LogP contribution in [-0.4, -0.2) is 15.7 Å². The zero-order valence-corrected chi connectivity index (χ0v) is 9.60. The molecule has 0 aliphatic heterocycles. The minimum atomic E-state index is -0.204. The lowest BCUT2D eigenvalue weighted by molar-refractivity contribution is 0.517. The van der Waals surface area contributed by atoms with Crippen molar-refractivity contribution in [3.63, 3.8) is 0 Å². The van der Waals surface area contributed by atoms with Crippen molar-refractivity contribution in [2.45, 2.75) is 25.8 Å². The lowest BCUT2D eigenvalue weighted by Crippen LogP contribution is -2.34. The molecule has 0 amide bonds. The van der Waals surface area contributed by atoms with Crippen LogP contribution < -0.4 is 5.73 Å². The van der Waals surface area contributed by atoms with Gasteiger partial charge in [-0.25, -0.2) is 0 Å². The number of nitrogens with two attached hydrogens (primary N) is 1. The van der Waals surface area contributed by atoms with E-state index in [9.17, 15) is 0 Å². The smallest absolute Gasteiger partial charge is 0.132 e. The van der Waals surface area contributed by atoms with Crippen LogP contribution in [0.5, 0.6) is 0 Å². The molecule has 80 valence electrons. The van der Waals surface area contributed by atoms with Crippen molar-refractivity contribution >= 4 is 22.5 Å². The number of aromatic nitrogens is 2. The highest BCUT2D eigenvalue weighted by Crippen LogP contribution is 2.22. The van der Waals surface area contributed by atoms with Crippen LogP contribution >= 0.6 is 11.6 Å². The van der Waals surface area contributed by atoms with Gasteiger partial charge in [0, 0.05) is 10.9 Å². The topological polar surface area (TPSA) is 54.7 Å². The molecule has 2 rings (SSSR count). The number of hydrogen-bond acceptors (Lipinski definition) is 2. The molecular formula is C11H14ClN3. The Morgan fingerprint density at radius 3 is 2.87 bits per heavy atom. The normalized spacial score (nSPS) is 12.3. The summed E-state index contributed by atoms with van der Waals surface area (Å²) in [4.78, 5) is 0. The molecule has 1 aromatic heterocycles. The minimum Gasteiger partial charge on any atom is -0.325 e. The van der Waals surface area contributed by atoms with Gasteiger partial charge in [-0.2, -0.15) is 5.10 Å². The molecule has 1 heterocycles. The molecule has 3 N–H and O–H groups in total. The van der Waals surface area contributed by atoms with Crippen molar-refractivity contribution in [2.75, 3.05) is 0 Å². The van der Waals surface area contributed by atoms with E-state index in [-0.39, 0.29) is 5.54 Å². The zero-order chi connectivity index (χ0) is 11.1. The van der Waals surface area contributed by atoms with Crippen LogP contribution in [0.1, 0.15) is 19.4 Å². The number of H-pyrrole nitrogens is 1. The summed E-state index contributed by atoms with van der Waals surface area (Å²) in [7, 11) is 0. The fourth-order valence-corrected chi connectivity index (χ4v) is 1.86. The molecule has 0 aliphatic rings. The van der Waals surface area contributed by atoms with Gasteiger partial charge in [-0.15, -0.1) is 0 Å². The summed E-state index contributed by atoms with van der Waals surface area (Å²) in [6.45, 7) is 4.02. The van der Waals surface area contributed by atoms with Crippen LogP contribution in [0.4, 0.5) is 0 Å². The van der Waals surface area contributed by atoms with E-state index in [0.29, 0.717) is 5.15 Å². The van der Waals surface area contributed by atoms with Gasteiger partial charge in [0.1, 0.15) is 5.15 Å². The molecule has 0 radical (unpaired) electrons. The molecule has 0 saturated carbocycles. The lowest BCUT2D eigenvalue weighted by atomic mass is 9.96. The van der Waals surface area contributed by atoms with Crippen LogP contribution in [0.15, 0.2) is 18.2 Å². The van der Waals surface area contributed by atoms with Crippen molar-refractivity contribution < 1.29 is 0 Å². The number of rotatable bonds is 2. The van der Waals surface area contributed by atoms with Crippen LogP contribution in [0, 0.1) is 0 Å². The Morgan fingerprint density at radius 1 is 1.47 bits per heavy atom. The summed E-state index contributed by atoms with van der Waals surface area (Å²) < 4.78 is 0. The molecule has 3 nitrogen and oxygen atoms in total. The molecule has 0 aliphatic carbocycles. The van der Waals surface area contributed by atoms with Gasteiger partial charge in [0.05, 0.1) is 5.52 Å². The highest BCUT2D eigenvalue weighted by atomic mass is 35.5. The van der Waals surface area contributed by atoms with Crippen molar-refractivity contribution in [1.29, 1.82) is 0 Å². The first kappa shape index (κ1) is 10.5. The second-order valence-corrected chi connectivity index (χ2v) is 4.93. The number of halogens is 1. The standard InChI is InChI=1S/C11H14ClN3/c1-11(2,13)6-7-3-4-9-8(5-7)10(12)15-14-9/h3-5H,6,13H2,1-2H3,(H,14,15). The van der Waals surface area contributed by atoms with Gasteiger partial charge in [-0.3, -0.25) is 5.10 Å². The highest BCUT2D eigenvalue weighted by Gasteiger charge is 2.12. The van der Waals surface area contributed by atoms with Gasteiger partial charge in [-0.05, 0) is 38.0 Å². The third kappa shape index (κ3) is 2.30. The van der Waals surface area contributed by atoms with Gasteiger partial charge in [0.25, 0.3) is 0 Å². The number of aromatic amines is 1. The Labute approximate surface area is 93.6 Å². The second-order valence-electron chi connectivity index (χ2n) is 4.55. The fourth-order valence-electron chi connectivity index (χ4n) is 1.66. The number of nitrogens with one attached hydrogen (secondary N) is 1. The quantitative estimate of drug-likeness (QED) is 0.822. The summed E-state index contributed by atoms with van der Waals surface area (Å²) in [5.41, 5.74) is 7.83. The maximum atomic E-state index is 5.97. The average Bonchev–Trinajstić information content (AvgIpc) is 2.45. The van der Waals surface area contributed by atoms with E-state index in [1.165, 1.54) is 5.56 Å². The van der Waals surface area contributed by atoms with E-state index < -0.39 is 0 Å². The molecule has 0 unspecified atom stereocenters. The first-order valence-electron chi connectivity index (χ1n) is 4.87. The van der Waals surface area contributed by atoms with Gasteiger partial charge >= 0.3 is 0 Å². The van der Waals surface area contributed by atoms with E-state index in [1.807, 2.05) is 32.0 Å². The fraction of sp³-hybridized carbons (Fsp3) is 0.364. The van der Waals surface area contributed by atoms with Gasteiger partial charge in [0.2, 0.25) is 0 Å². The Morgan fingerprint density at radius 2 is 2.20 bits per heavy atom. The molecule has 0 spiro atoms. The van der Waals surface area contributed by atoms with Gasteiger partial charge in [0.15, 0.2) is 0 Å². The highest BCUT2D eigenvalue weighted by molar-refractivity contribution is 6.34. The maximum Gasteiger partial charge on any atom is 0.132 e. The third-order valence-electron chi connectivity index (χ3n) is 2.23. The number of nitrogens with zero attached hydrogens (tertiary/aromatic N) is 1. The Bertz CT molecular complexity index is 482. The van der Waals surface area contributed by atoms with Crippen molar-refractivity contribution in [3.05, 3.63) is 28.9 Å². The van der Waals surface area contributed by atoms with E-state index in [4.69, 9.17) is 17.3 Å². The molecule has 0 atom stereocenters. The van der Waals surface area contributed by atoms with Crippen molar-refractivity contribution in [3.8, 4) is 0 Å². The average molecular weight is 224 g/mol. The molecule has 0 saturated heterocycles. The zero-order valence-electron chi connectivity index (χ0n) is 8.84. The first-order chi connectivity index (χ1) is 6.96. The number of benzene rings is 1. The van der Waals surface area contributed by atoms with Crippen molar-refractivity contribution in [2.24, 2.45) is 5.73 Å². The molecule has 1 aromatic carbocycles. The monoisotopic (exact) mass is 223 g/mol. The first-order valence-corrected chi connectivity index (χ1v) is 5.25. The Hall–Kier alpha value is -1.06. The Kier molecular flexibility index (Phi) is 2.44. The summed E-state index contributed by atoms with van der Waals surface area (Å²) in [6, 6.07) is 6.03. The number of hydrogen-bond donors (Lipinski definition) is 2. The van der Waals surface area contributed by atoms with Crippen LogP contribution in [-0.2, 0) is 6.42 Å². The molecule has 0 bridgehead atoms. The van der Waals surface area contributed by atoms with Gasteiger partial charge < -0.3 is 5.73 Å². The predicted octanol–water partition coefficient (Wildman–Crippen LogP) is 2.50. The predicted molar refractivity (Wildman–Crippen MR) is 63.1 cm³/mol. The largest absolute Gasteiger partial charge is 0.325 e. The minimum absolute atomic E-state index is 0.204. The summed E-state index contributed by atoms with van der Waals surface area (Å²) in [5, 5.41) is 8.36. The molecule has 15 heavy (non-hydrogen) atoms. The van der Waals surface area contributed by atoms with Crippen LogP contribution in [0.2, 0.25) is 5.15 Å². The molecule has 4 heteroatoms. The van der Waals surface area contributed by atoms with E-state index in [2.05, 4.69) is 10.2 Å². The Balaban J connectivity index is 2.42. The molecule has 2 aromatic rings. The SMILES string of the molecule is CC(C)(N)Cc1ccc2n[nH]c(Cl)c2c1. The summed E-state index contributed by atoms with van der Waals surface area (Å²) in [5.74, 6) is 0. The van der Waals surface area contributed by atoms with E-state index in [1.54, 1.807) is 0 Å².